The number of H-pyrrole nitrogens is 1. The second-order valence-electron chi connectivity index (χ2n) is 5.87. The molecule has 0 bridgehead atoms. The Morgan fingerprint density at radius 3 is 2.36 bits per heavy atom. The van der Waals surface area contributed by atoms with Gasteiger partial charge >= 0.3 is 6.18 Å². The summed E-state index contributed by atoms with van der Waals surface area (Å²) in [6.45, 7) is 3.50. The first kappa shape index (κ1) is 20.2. The zero-order valence-electron chi connectivity index (χ0n) is 14.5. The fraction of sp³-hybridized carbons (Fsp3) is 0.167. The van der Waals surface area contributed by atoms with Crippen LogP contribution in [0.4, 0.5) is 13.2 Å². The van der Waals surface area contributed by atoms with Gasteiger partial charge in [-0.1, -0.05) is 29.3 Å². The molecular formula is C18H12Cl2F3N3O2. The number of aromatic amines is 1. The number of hydrogen-bond donors (Lipinski definition) is 1. The van der Waals surface area contributed by atoms with Gasteiger partial charge in [0.15, 0.2) is 11.5 Å². The smallest absolute Gasteiger partial charge is 0.437 e. The molecule has 0 radical (unpaired) electrons. The maximum Gasteiger partial charge on any atom is 0.437 e. The quantitative estimate of drug-likeness (QED) is 0.590. The summed E-state index contributed by atoms with van der Waals surface area (Å²) in [5, 5.41) is 0.251. The summed E-state index contributed by atoms with van der Waals surface area (Å²) in [7, 11) is 0. The molecule has 0 aliphatic carbocycles. The van der Waals surface area contributed by atoms with Gasteiger partial charge in [0.1, 0.15) is 11.4 Å². The fourth-order valence-electron chi connectivity index (χ4n) is 2.29. The molecule has 10 heteroatoms. The first-order valence-corrected chi connectivity index (χ1v) is 8.61. The Bertz CT molecular complexity index is 1110. The average Bonchev–Trinajstić information content (AvgIpc) is 2.61. The van der Waals surface area contributed by atoms with E-state index in [0.717, 1.165) is 5.56 Å². The normalized spacial score (nSPS) is 11.5. The van der Waals surface area contributed by atoms with Crippen molar-refractivity contribution in [2.24, 2.45) is 0 Å². The van der Waals surface area contributed by atoms with Gasteiger partial charge in [-0.25, -0.2) is 9.97 Å². The second-order valence-corrected chi connectivity index (χ2v) is 6.68. The van der Waals surface area contributed by atoms with E-state index in [0.29, 0.717) is 5.69 Å². The van der Waals surface area contributed by atoms with Crippen LogP contribution >= 0.6 is 23.2 Å². The molecule has 0 aliphatic rings. The standard InChI is InChI=1S/C18H12Cl2F3N3O2/c1-8-3-6-13(24-9(8)2)16-25-15(18(21,22)23)14(17(27)26-16)28-10-4-5-11(19)12(20)7-10/h3-7H,1-2H3,(H,25,26,27). The highest BCUT2D eigenvalue weighted by Gasteiger charge is 2.39. The van der Waals surface area contributed by atoms with Crippen LogP contribution in [0.3, 0.4) is 0 Å². The zero-order valence-corrected chi connectivity index (χ0v) is 16.0. The van der Waals surface area contributed by atoms with Gasteiger partial charge in [0.25, 0.3) is 5.56 Å². The minimum atomic E-state index is -4.94. The molecule has 146 valence electrons. The predicted molar refractivity (Wildman–Crippen MR) is 99.1 cm³/mol. The summed E-state index contributed by atoms with van der Waals surface area (Å²) < 4.78 is 45.8. The third-order valence-electron chi connectivity index (χ3n) is 3.85. The van der Waals surface area contributed by atoms with Gasteiger partial charge in [-0.3, -0.25) is 4.79 Å². The van der Waals surface area contributed by atoms with Gasteiger partial charge in [0, 0.05) is 11.8 Å². The van der Waals surface area contributed by atoms with E-state index < -0.39 is 23.2 Å². The van der Waals surface area contributed by atoms with Gasteiger partial charge in [-0.2, -0.15) is 13.2 Å². The molecular weight excluding hydrogens is 418 g/mol. The van der Waals surface area contributed by atoms with Crippen molar-refractivity contribution in [2.75, 3.05) is 0 Å². The predicted octanol–water partition coefficient (Wildman–Crippen LogP) is 5.57. The van der Waals surface area contributed by atoms with E-state index in [9.17, 15) is 18.0 Å². The number of rotatable bonds is 3. The molecule has 2 aromatic heterocycles. The number of alkyl halides is 3. The van der Waals surface area contributed by atoms with Gasteiger partial charge in [-0.05, 0) is 37.6 Å². The van der Waals surface area contributed by atoms with Crippen LogP contribution in [0.5, 0.6) is 11.5 Å². The van der Waals surface area contributed by atoms with Crippen LogP contribution in [0.25, 0.3) is 11.5 Å². The first-order chi connectivity index (χ1) is 13.1. The van der Waals surface area contributed by atoms with Crippen molar-refractivity contribution in [1.29, 1.82) is 0 Å². The van der Waals surface area contributed by atoms with Crippen LogP contribution < -0.4 is 10.3 Å². The Morgan fingerprint density at radius 2 is 1.75 bits per heavy atom. The van der Waals surface area contributed by atoms with Crippen LogP contribution in [0.1, 0.15) is 17.0 Å². The van der Waals surface area contributed by atoms with Crippen LogP contribution in [0, 0.1) is 13.8 Å². The summed E-state index contributed by atoms with van der Waals surface area (Å²) in [5.74, 6) is -1.41. The molecule has 1 N–H and O–H groups in total. The van der Waals surface area contributed by atoms with Crippen molar-refractivity contribution in [1.82, 2.24) is 15.0 Å². The SMILES string of the molecule is Cc1ccc(-c2nc(C(F)(F)F)c(Oc3ccc(Cl)c(Cl)c3)c(=O)[nH]2)nc1C. The molecule has 3 rings (SSSR count). The second kappa shape index (κ2) is 7.44. The van der Waals surface area contributed by atoms with Gasteiger partial charge in [0.05, 0.1) is 10.0 Å². The fourth-order valence-corrected chi connectivity index (χ4v) is 2.58. The van der Waals surface area contributed by atoms with Crippen molar-refractivity contribution in [2.45, 2.75) is 20.0 Å². The average molecular weight is 430 g/mol. The summed E-state index contributed by atoms with van der Waals surface area (Å²) in [5.41, 5.74) is -1.03. The lowest BCUT2D eigenvalue weighted by atomic mass is 10.2. The Balaban J connectivity index is 2.13. The Morgan fingerprint density at radius 1 is 1.04 bits per heavy atom. The zero-order chi connectivity index (χ0) is 20.6. The van der Waals surface area contributed by atoms with Crippen LogP contribution in [-0.4, -0.2) is 15.0 Å². The van der Waals surface area contributed by atoms with E-state index in [-0.39, 0.29) is 27.3 Å². The van der Waals surface area contributed by atoms with Crippen LogP contribution in [0.15, 0.2) is 35.1 Å². The minimum absolute atomic E-state index is 0.0630. The van der Waals surface area contributed by atoms with E-state index in [1.54, 1.807) is 19.9 Å². The number of pyridine rings is 1. The third kappa shape index (κ3) is 4.13. The highest BCUT2D eigenvalue weighted by molar-refractivity contribution is 6.42. The van der Waals surface area contributed by atoms with Crippen LogP contribution in [-0.2, 0) is 6.18 Å². The number of ether oxygens (including phenoxy) is 1. The number of halogens is 5. The van der Waals surface area contributed by atoms with E-state index in [1.807, 2.05) is 0 Å². The number of nitrogens with one attached hydrogen (secondary N) is 1. The monoisotopic (exact) mass is 429 g/mol. The lowest BCUT2D eigenvalue weighted by molar-refractivity contribution is -0.142. The molecule has 0 saturated heterocycles. The highest BCUT2D eigenvalue weighted by Crippen LogP contribution is 2.36. The van der Waals surface area contributed by atoms with Gasteiger partial charge in [-0.15, -0.1) is 0 Å². The van der Waals surface area contributed by atoms with Gasteiger partial charge < -0.3 is 9.72 Å². The number of nitrogens with zero attached hydrogens (tertiary/aromatic N) is 2. The summed E-state index contributed by atoms with van der Waals surface area (Å²) in [4.78, 5) is 22.4. The maximum atomic E-state index is 13.6. The van der Waals surface area contributed by atoms with E-state index >= 15 is 0 Å². The van der Waals surface area contributed by atoms with Crippen molar-refractivity contribution in [3.8, 4) is 23.0 Å². The molecule has 0 aliphatic heterocycles. The molecule has 5 nitrogen and oxygen atoms in total. The minimum Gasteiger partial charge on any atom is -0.449 e. The topological polar surface area (TPSA) is 67.9 Å². The number of hydrogen-bond acceptors (Lipinski definition) is 4. The lowest BCUT2D eigenvalue weighted by Gasteiger charge is -2.14. The first-order valence-electron chi connectivity index (χ1n) is 7.85. The lowest BCUT2D eigenvalue weighted by Crippen LogP contribution is -2.21. The van der Waals surface area contributed by atoms with E-state index in [4.69, 9.17) is 27.9 Å². The molecule has 0 fully saturated rings. The molecule has 28 heavy (non-hydrogen) atoms. The highest BCUT2D eigenvalue weighted by atomic mass is 35.5. The number of aryl methyl sites for hydroxylation is 2. The summed E-state index contributed by atoms with van der Waals surface area (Å²) in [6, 6.07) is 6.96. The van der Waals surface area contributed by atoms with Crippen molar-refractivity contribution in [3.63, 3.8) is 0 Å². The third-order valence-corrected chi connectivity index (χ3v) is 4.59. The Hall–Kier alpha value is -2.58. The van der Waals surface area contributed by atoms with Crippen molar-refractivity contribution < 1.29 is 17.9 Å². The molecule has 3 aromatic rings. The Labute approximate surface area is 167 Å². The molecule has 0 atom stereocenters. The number of benzene rings is 1. The molecule has 0 unspecified atom stereocenters. The van der Waals surface area contributed by atoms with E-state index in [1.165, 1.54) is 24.3 Å². The molecule has 0 spiro atoms. The largest absolute Gasteiger partial charge is 0.449 e. The molecule has 0 saturated carbocycles. The van der Waals surface area contributed by atoms with Gasteiger partial charge in [0.2, 0.25) is 5.75 Å². The maximum absolute atomic E-state index is 13.6. The summed E-state index contributed by atoms with van der Waals surface area (Å²) >= 11 is 11.6. The van der Waals surface area contributed by atoms with E-state index in [2.05, 4.69) is 15.0 Å². The summed E-state index contributed by atoms with van der Waals surface area (Å²) in [6.07, 6.45) is -4.94. The number of aromatic nitrogens is 3. The van der Waals surface area contributed by atoms with Crippen LogP contribution in [0.2, 0.25) is 10.0 Å². The Kier molecular flexibility index (Phi) is 5.36. The molecule has 0 amide bonds. The van der Waals surface area contributed by atoms with Crippen molar-refractivity contribution >= 4 is 23.2 Å². The molecule has 1 aromatic carbocycles. The van der Waals surface area contributed by atoms with Crippen molar-refractivity contribution in [3.05, 3.63) is 67.7 Å². The molecule has 2 heterocycles.